The van der Waals surface area contributed by atoms with E-state index >= 15 is 0 Å². The molecule has 1 nitrogen and oxygen atoms in total. The van der Waals surface area contributed by atoms with Crippen molar-refractivity contribution in [3.63, 3.8) is 0 Å². The van der Waals surface area contributed by atoms with Crippen LogP contribution in [0.1, 0.15) is 13.8 Å². The minimum Gasteiger partial charge on any atom is -0.381 e. The zero-order valence-corrected chi connectivity index (χ0v) is 8.28. The molecule has 14 heavy (non-hydrogen) atoms. The van der Waals surface area contributed by atoms with Crippen molar-refractivity contribution in [1.82, 2.24) is 5.32 Å². The maximum absolute atomic E-state index is 11.4. The molecule has 0 rings (SSSR count). The lowest BCUT2D eigenvalue weighted by Crippen LogP contribution is -2.07. The van der Waals surface area contributed by atoms with Crippen LogP contribution in [0.25, 0.3) is 0 Å². The third kappa shape index (κ3) is 10.6. The number of terminal acetylenes is 1. The highest BCUT2D eigenvalue weighted by atomic mass is 19.4. The number of halogens is 3. The third-order valence-electron chi connectivity index (χ3n) is 1.23. The van der Waals surface area contributed by atoms with E-state index in [9.17, 15) is 13.2 Å². The highest BCUT2D eigenvalue weighted by Crippen LogP contribution is 2.23. The molecule has 0 saturated carbocycles. The lowest BCUT2D eigenvalue weighted by molar-refractivity contribution is -0.0914. The molecule has 0 aromatic heterocycles. The molecule has 0 atom stereocenters. The van der Waals surface area contributed by atoms with Gasteiger partial charge in [-0.1, -0.05) is 18.6 Å². The first-order valence-corrected chi connectivity index (χ1v) is 3.88. The number of nitrogens with one attached hydrogen (secondary N) is 1. The number of allylic oxidation sites excluding steroid dienone is 2. The highest BCUT2D eigenvalue weighted by Gasteiger charge is 2.28. The minimum atomic E-state index is -4.13. The van der Waals surface area contributed by atoms with Crippen molar-refractivity contribution in [3.8, 4) is 12.3 Å². The van der Waals surface area contributed by atoms with Gasteiger partial charge in [0.25, 0.3) is 0 Å². The molecule has 0 fully saturated rings. The van der Waals surface area contributed by atoms with E-state index in [1.165, 1.54) is 6.92 Å². The summed E-state index contributed by atoms with van der Waals surface area (Å²) in [6, 6.07) is 0. The van der Waals surface area contributed by atoms with Gasteiger partial charge < -0.3 is 5.32 Å². The molecule has 0 aliphatic rings. The standard InChI is InChI=1S/C5H7F3.C5H7N/c1-3-4(2)5(6,7)8;1-3-5-6-4-2/h3H,1-2H3;1,4,6H,2,5H2/b4-3+;. The first-order chi connectivity index (χ1) is 6.40. The third-order valence-corrected chi connectivity index (χ3v) is 1.23. The van der Waals surface area contributed by atoms with Gasteiger partial charge in [0.2, 0.25) is 0 Å². The Bertz CT molecular complexity index is 221. The van der Waals surface area contributed by atoms with Gasteiger partial charge in [0, 0.05) is 5.57 Å². The lowest BCUT2D eigenvalue weighted by Gasteiger charge is -2.03. The highest BCUT2D eigenvalue weighted by molar-refractivity contribution is 5.02. The maximum Gasteiger partial charge on any atom is 0.412 e. The van der Waals surface area contributed by atoms with E-state index in [0.29, 0.717) is 6.54 Å². The summed E-state index contributed by atoms with van der Waals surface area (Å²) in [5.74, 6) is 2.39. The lowest BCUT2D eigenvalue weighted by atomic mass is 10.3. The van der Waals surface area contributed by atoms with E-state index in [4.69, 9.17) is 6.42 Å². The van der Waals surface area contributed by atoms with Crippen LogP contribution in [0.5, 0.6) is 0 Å². The largest absolute Gasteiger partial charge is 0.412 e. The smallest absolute Gasteiger partial charge is 0.381 e. The Labute approximate surface area is 82.7 Å². The molecule has 0 bridgehead atoms. The molecule has 0 heterocycles. The second-order valence-corrected chi connectivity index (χ2v) is 2.26. The number of hydrogen-bond acceptors (Lipinski definition) is 1. The van der Waals surface area contributed by atoms with Crippen molar-refractivity contribution < 1.29 is 13.2 Å². The van der Waals surface area contributed by atoms with Crippen LogP contribution in [0.15, 0.2) is 24.4 Å². The van der Waals surface area contributed by atoms with Crippen molar-refractivity contribution in [1.29, 1.82) is 0 Å². The van der Waals surface area contributed by atoms with Crippen LogP contribution in [0.4, 0.5) is 13.2 Å². The van der Waals surface area contributed by atoms with Gasteiger partial charge in [-0.2, -0.15) is 13.2 Å². The second-order valence-electron chi connectivity index (χ2n) is 2.26. The van der Waals surface area contributed by atoms with Crippen molar-refractivity contribution in [2.75, 3.05) is 6.54 Å². The van der Waals surface area contributed by atoms with E-state index in [1.54, 1.807) is 6.20 Å². The van der Waals surface area contributed by atoms with Gasteiger partial charge in [0.15, 0.2) is 0 Å². The molecule has 0 saturated heterocycles. The van der Waals surface area contributed by atoms with Gasteiger partial charge in [-0.05, 0) is 20.0 Å². The Morgan fingerprint density at radius 1 is 1.57 bits per heavy atom. The molecular weight excluding hydrogens is 191 g/mol. The van der Waals surface area contributed by atoms with Crippen molar-refractivity contribution >= 4 is 0 Å². The predicted molar refractivity (Wildman–Crippen MR) is 52.5 cm³/mol. The van der Waals surface area contributed by atoms with Gasteiger partial charge >= 0.3 is 6.18 Å². The van der Waals surface area contributed by atoms with Crippen LogP contribution in [0.2, 0.25) is 0 Å². The number of hydrogen-bond donors (Lipinski definition) is 1. The summed E-state index contributed by atoms with van der Waals surface area (Å²) in [6.07, 6.45) is 3.34. The van der Waals surface area contributed by atoms with Crippen LogP contribution in [-0.2, 0) is 0 Å². The molecule has 0 amide bonds. The topological polar surface area (TPSA) is 12.0 Å². The fourth-order valence-electron chi connectivity index (χ4n) is 0.295. The van der Waals surface area contributed by atoms with E-state index in [1.807, 2.05) is 0 Å². The van der Waals surface area contributed by atoms with Gasteiger partial charge in [-0.3, -0.25) is 0 Å². The Hall–Kier alpha value is -1.37. The molecule has 4 heteroatoms. The molecule has 0 spiro atoms. The van der Waals surface area contributed by atoms with Crippen LogP contribution in [-0.4, -0.2) is 12.7 Å². The average Bonchev–Trinajstić information content (AvgIpc) is 2.12. The summed E-state index contributed by atoms with van der Waals surface area (Å²) in [7, 11) is 0. The Morgan fingerprint density at radius 2 is 2.07 bits per heavy atom. The van der Waals surface area contributed by atoms with E-state index < -0.39 is 11.7 Å². The molecule has 0 aromatic carbocycles. The molecule has 0 unspecified atom stereocenters. The van der Waals surface area contributed by atoms with E-state index in [-0.39, 0.29) is 0 Å². The fraction of sp³-hybridized carbons (Fsp3) is 0.400. The molecule has 80 valence electrons. The summed E-state index contributed by atoms with van der Waals surface area (Å²) < 4.78 is 34.1. The second kappa shape index (κ2) is 8.24. The average molecular weight is 205 g/mol. The van der Waals surface area contributed by atoms with Crippen LogP contribution in [0, 0.1) is 12.3 Å². The number of rotatable bonds is 2. The Morgan fingerprint density at radius 3 is 2.14 bits per heavy atom. The van der Waals surface area contributed by atoms with Crippen molar-refractivity contribution in [2.45, 2.75) is 20.0 Å². The minimum absolute atomic E-state index is 0.544. The summed E-state index contributed by atoms with van der Waals surface area (Å²) >= 11 is 0. The summed E-state index contributed by atoms with van der Waals surface area (Å²) in [5, 5.41) is 2.73. The van der Waals surface area contributed by atoms with Gasteiger partial charge in [-0.15, -0.1) is 6.42 Å². The van der Waals surface area contributed by atoms with Crippen molar-refractivity contribution in [2.24, 2.45) is 0 Å². The van der Waals surface area contributed by atoms with Crippen LogP contribution < -0.4 is 5.32 Å². The summed E-state index contributed by atoms with van der Waals surface area (Å²) in [6.45, 7) is 6.37. The summed E-state index contributed by atoms with van der Waals surface area (Å²) in [4.78, 5) is 0. The summed E-state index contributed by atoms with van der Waals surface area (Å²) in [5.41, 5.74) is -0.544. The van der Waals surface area contributed by atoms with E-state index in [0.717, 1.165) is 13.0 Å². The van der Waals surface area contributed by atoms with Crippen molar-refractivity contribution in [3.05, 3.63) is 24.4 Å². The molecule has 1 N–H and O–H groups in total. The Kier molecular flexibility index (Phi) is 8.90. The SMILES string of the molecule is C#CCNC=C.C/C=C(\C)C(F)(F)F. The fourth-order valence-corrected chi connectivity index (χ4v) is 0.295. The monoisotopic (exact) mass is 205 g/mol. The molecule has 0 aliphatic carbocycles. The van der Waals surface area contributed by atoms with Gasteiger partial charge in [0.05, 0.1) is 6.54 Å². The quantitative estimate of drug-likeness (QED) is 0.415. The van der Waals surface area contributed by atoms with Gasteiger partial charge in [0.1, 0.15) is 0 Å². The predicted octanol–water partition coefficient (Wildman–Crippen LogP) is 2.87. The molecule has 0 radical (unpaired) electrons. The molecular formula is C10H14F3N. The molecule has 0 aromatic rings. The zero-order valence-electron chi connectivity index (χ0n) is 8.28. The van der Waals surface area contributed by atoms with Gasteiger partial charge in [-0.25, -0.2) is 0 Å². The Balaban J connectivity index is 0. The first kappa shape index (κ1) is 15.1. The number of alkyl halides is 3. The zero-order chi connectivity index (χ0) is 11.6. The van der Waals surface area contributed by atoms with E-state index in [2.05, 4.69) is 17.8 Å². The van der Waals surface area contributed by atoms with Crippen LogP contribution >= 0.6 is 0 Å². The first-order valence-electron chi connectivity index (χ1n) is 3.88. The maximum atomic E-state index is 11.4. The normalized spacial score (nSPS) is 10.7. The molecule has 0 aliphatic heterocycles. The van der Waals surface area contributed by atoms with Crippen LogP contribution in [0.3, 0.4) is 0 Å².